The van der Waals surface area contributed by atoms with Crippen LogP contribution in [0.5, 0.6) is 0 Å². The van der Waals surface area contributed by atoms with Gasteiger partial charge in [-0.25, -0.2) is 0 Å². The molecule has 0 radical (unpaired) electrons. The Kier molecular flexibility index (Phi) is 4.03. The zero-order chi connectivity index (χ0) is 13.9. The molecule has 2 saturated heterocycles. The topological polar surface area (TPSA) is 41.6 Å². The number of morpholine rings is 1. The van der Waals surface area contributed by atoms with Gasteiger partial charge in [0.25, 0.3) is 0 Å². The van der Waals surface area contributed by atoms with Gasteiger partial charge in [-0.05, 0) is 37.4 Å². The molecule has 20 heavy (non-hydrogen) atoms. The summed E-state index contributed by atoms with van der Waals surface area (Å²) in [6.45, 7) is 5.05. The smallest absolute Gasteiger partial charge is 0.239 e. The second-order valence-electron chi connectivity index (χ2n) is 5.65. The van der Waals surface area contributed by atoms with Crippen LogP contribution in [0.2, 0.25) is 0 Å². The SMILES string of the molecule is Cc1ccccc1[C@H]1CN(C(=O)[C@@H]2CCCN2)CCO1. The second-order valence-corrected chi connectivity index (χ2v) is 5.65. The van der Waals surface area contributed by atoms with Crippen molar-refractivity contribution in [3.8, 4) is 0 Å². The third-order valence-electron chi connectivity index (χ3n) is 4.27. The molecule has 0 spiro atoms. The molecule has 1 aromatic rings. The standard InChI is InChI=1S/C16H22N2O2/c1-12-5-2-3-6-13(12)15-11-18(9-10-20-15)16(19)14-7-4-8-17-14/h2-3,5-6,14-15,17H,4,7-11H2,1H3/t14-,15+/m0/s1. The first kappa shape index (κ1) is 13.6. The Balaban J connectivity index is 1.70. The maximum atomic E-state index is 12.5. The summed E-state index contributed by atoms with van der Waals surface area (Å²) in [7, 11) is 0. The van der Waals surface area contributed by atoms with Crippen LogP contribution in [0.4, 0.5) is 0 Å². The second kappa shape index (κ2) is 5.94. The van der Waals surface area contributed by atoms with Crippen molar-refractivity contribution in [3.05, 3.63) is 35.4 Å². The number of benzene rings is 1. The zero-order valence-corrected chi connectivity index (χ0v) is 12.0. The van der Waals surface area contributed by atoms with Gasteiger partial charge >= 0.3 is 0 Å². The largest absolute Gasteiger partial charge is 0.370 e. The number of amides is 1. The van der Waals surface area contributed by atoms with E-state index in [4.69, 9.17) is 4.74 Å². The molecule has 4 heteroatoms. The Labute approximate surface area is 120 Å². The average molecular weight is 274 g/mol. The maximum Gasteiger partial charge on any atom is 0.239 e. The highest BCUT2D eigenvalue weighted by atomic mass is 16.5. The lowest BCUT2D eigenvalue weighted by Gasteiger charge is -2.35. The Bertz CT molecular complexity index is 483. The van der Waals surface area contributed by atoms with E-state index in [0.29, 0.717) is 19.7 Å². The summed E-state index contributed by atoms with van der Waals surface area (Å²) in [5.41, 5.74) is 2.43. The Morgan fingerprint density at radius 1 is 1.40 bits per heavy atom. The summed E-state index contributed by atoms with van der Waals surface area (Å²) >= 11 is 0. The number of carbonyl (C=O) groups is 1. The zero-order valence-electron chi connectivity index (χ0n) is 12.0. The molecule has 1 amide bonds. The van der Waals surface area contributed by atoms with Crippen LogP contribution < -0.4 is 5.32 Å². The molecule has 3 rings (SSSR count). The van der Waals surface area contributed by atoms with Gasteiger partial charge in [0.05, 0.1) is 19.2 Å². The van der Waals surface area contributed by atoms with E-state index in [1.807, 2.05) is 17.0 Å². The molecule has 2 aliphatic heterocycles. The summed E-state index contributed by atoms with van der Waals surface area (Å²) in [5.74, 6) is 0.240. The van der Waals surface area contributed by atoms with Crippen molar-refractivity contribution in [1.82, 2.24) is 10.2 Å². The first-order chi connectivity index (χ1) is 9.75. The van der Waals surface area contributed by atoms with E-state index in [2.05, 4.69) is 24.4 Å². The van der Waals surface area contributed by atoms with E-state index in [9.17, 15) is 4.79 Å². The predicted molar refractivity (Wildman–Crippen MR) is 77.5 cm³/mol. The van der Waals surface area contributed by atoms with Crippen LogP contribution in [0.15, 0.2) is 24.3 Å². The molecule has 2 heterocycles. The number of aryl methyl sites for hydroxylation is 1. The number of nitrogens with one attached hydrogen (secondary N) is 1. The minimum absolute atomic E-state index is 0.00954. The summed E-state index contributed by atoms with van der Waals surface area (Å²) in [6, 6.07) is 8.28. The number of nitrogens with zero attached hydrogens (tertiary/aromatic N) is 1. The summed E-state index contributed by atoms with van der Waals surface area (Å²) in [5, 5.41) is 3.29. The predicted octanol–water partition coefficient (Wildman–Crippen LogP) is 1.65. The first-order valence-corrected chi connectivity index (χ1v) is 7.45. The molecule has 0 unspecified atom stereocenters. The van der Waals surface area contributed by atoms with Gasteiger partial charge in [0.15, 0.2) is 0 Å². The van der Waals surface area contributed by atoms with Crippen LogP contribution in [0.25, 0.3) is 0 Å². The van der Waals surface area contributed by atoms with Crippen LogP contribution in [-0.4, -0.2) is 43.1 Å². The molecule has 4 nitrogen and oxygen atoms in total. The van der Waals surface area contributed by atoms with Gasteiger partial charge in [-0.15, -0.1) is 0 Å². The Morgan fingerprint density at radius 2 is 2.25 bits per heavy atom. The average Bonchev–Trinajstić information content (AvgIpc) is 3.01. The van der Waals surface area contributed by atoms with Gasteiger partial charge in [-0.2, -0.15) is 0 Å². The van der Waals surface area contributed by atoms with Crippen molar-refractivity contribution in [2.45, 2.75) is 31.9 Å². The van der Waals surface area contributed by atoms with Gasteiger partial charge in [-0.3, -0.25) is 4.79 Å². The lowest BCUT2D eigenvalue weighted by atomic mass is 10.0. The number of ether oxygens (including phenoxy) is 1. The fourth-order valence-electron chi connectivity index (χ4n) is 3.10. The molecule has 108 valence electrons. The third-order valence-corrected chi connectivity index (χ3v) is 4.27. The molecular formula is C16H22N2O2. The van der Waals surface area contributed by atoms with Crippen molar-refractivity contribution in [2.75, 3.05) is 26.2 Å². The van der Waals surface area contributed by atoms with E-state index < -0.39 is 0 Å². The molecule has 1 N–H and O–H groups in total. The lowest BCUT2D eigenvalue weighted by Crippen LogP contribution is -2.49. The molecule has 2 fully saturated rings. The molecule has 2 atom stereocenters. The van der Waals surface area contributed by atoms with Crippen LogP contribution >= 0.6 is 0 Å². The van der Waals surface area contributed by atoms with E-state index >= 15 is 0 Å². The van der Waals surface area contributed by atoms with Crippen LogP contribution in [-0.2, 0) is 9.53 Å². The molecule has 0 aliphatic carbocycles. The maximum absolute atomic E-state index is 12.5. The highest BCUT2D eigenvalue weighted by molar-refractivity contribution is 5.82. The van der Waals surface area contributed by atoms with Gasteiger partial charge < -0.3 is 15.0 Å². The van der Waals surface area contributed by atoms with E-state index in [1.165, 1.54) is 11.1 Å². The van der Waals surface area contributed by atoms with Crippen LogP contribution in [0, 0.1) is 6.92 Å². The number of hydrogen-bond acceptors (Lipinski definition) is 3. The summed E-state index contributed by atoms with van der Waals surface area (Å²) < 4.78 is 5.87. The van der Waals surface area contributed by atoms with Crippen molar-refractivity contribution in [3.63, 3.8) is 0 Å². The monoisotopic (exact) mass is 274 g/mol. The summed E-state index contributed by atoms with van der Waals surface area (Å²) in [6.07, 6.45) is 2.07. The molecular weight excluding hydrogens is 252 g/mol. The quantitative estimate of drug-likeness (QED) is 0.891. The Morgan fingerprint density at radius 3 is 3.00 bits per heavy atom. The minimum atomic E-state index is 0.00954. The highest BCUT2D eigenvalue weighted by Crippen LogP contribution is 2.25. The fourth-order valence-corrected chi connectivity index (χ4v) is 3.10. The van der Waals surface area contributed by atoms with Crippen molar-refractivity contribution in [1.29, 1.82) is 0 Å². The first-order valence-electron chi connectivity index (χ1n) is 7.45. The fraction of sp³-hybridized carbons (Fsp3) is 0.562. The normalized spacial score (nSPS) is 26.8. The number of rotatable bonds is 2. The van der Waals surface area contributed by atoms with Crippen molar-refractivity contribution in [2.24, 2.45) is 0 Å². The summed E-state index contributed by atoms with van der Waals surface area (Å²) in [4.78, 5) is 14.4. The van der Waals surface area contributed by atoms with Gasteiger partial charge in [0.1, 0.15) is 6.10 Å². The van der Waals surface area contributed by atoms with E-state index in [0.717, 1.165) is 19.4 Å². The van der Waals surface area contributed by atoms with E-state index in [1.54, 1.807) is 0 Å². The van der Waals surface area contributed by atoms with Crippen molar-refractivity contribution >= 4 is 5.91 Å². The van der Waals surface area contributed by atoms with Gasteiger partial charge in [0, 0.05) is 6.54 Å². The van der Waals surface area contributed by atoms with Gasteiger partial charge in [-0.1, -0.05) is 24.3 Å². The molecule has 2 aliphatic rings. The van der Waals surface area contributed by atoms with Crippen molar-refractivity contribution < 1.29 is 9.53 Å². The number of carbonyl (C=O) groups excluding carboxylic acids is 1. The third kappa shape index (κ3) is 2.72. The Hall–Kier alpha value is -1.39. The van der Waals surface area contributed by atoms with Crippen LogP contribution in [0.1, 0.15) is 30.1 Å². The van der Waals surface area contributed by atoms with Crippen LogP contribution in [0.3, 0.4) is 0 Å². The number of hydrogen-bond donors (Lipinski definition) is 1. The highest BCUT2D eigenvalue weighted by Gasteiger charge is 2.31. The van der Waals surface area contributed by atoms with Gasteiger partial charge in [0.2, 0.25) is 5.91 Å². The lowest BCUT2D eigenvalue weighted by molar-refractivity contribution is -0.140. The molecule has 0 saturated carbocycles. The minimum Gasteiger partial charge on any atom is -0.370 e. The molecule has 1 aromatic carbocycles. The molecule has 0 aromatic heterocycles. The van der Waals surface area contributed by atoms with E-state index in [-0.39, 0.29) is 18.1 Å². The molecule has 0 bridgehead atoms.